The van der Waals surface area contributed by atoms with Gasteiger partial charge in [0.2, 0.25) is 5.69 Å². The standard InChI is InChI=1S/C24H17N2O/c1-15-10-11-20-19-9-5-8-17(13-25)23(19)27-24(20)22(15)21-12-16-6-3-4-7-18(16)14-26(21)2/h3-12,14H,1-2H3/q+1. The van der Waals surface area contributed by atoms with Crippen molar-refractivity contribution in [2.45, 2.75) is 6.92 Å². The Balaban J connectivity index is 1.92. The van der Waals surface area contributed by atoms with Gasteiger partial charge in [0.15, 0.2) is 11.8 Å². The van der Waals surface area contributed by atoms with Gasteiger partial charge >= 0.3 is 0 Å². The van der Waals surface area contributed by atoms with Crippen LogP contribution in [-0.2, 0) is 7.05 Å². The van der Waals surface area contributed by atoms with Crippen LogP contribution in [0.3, 0.4) is 0 Å². The number of aryl methyl sites for hydroxylation is 2. The topological polar surface area (TPSA) is 40.8 Å². The van der Waals surface area contributed by atoms with Crippen molar-refractivity contribution in [1.29, 1.82) is 5.26 Å². The molecule has 0 saturated heterocycles. The number of nitrogens with zero attached hydrogens (tertiary/aromatic N) is 2. The molecule has 0 saturated carbocycles. The van der Waals surface area contributed by atoms with Crippen molar-refractivity contribution in [3.05, 3.63) is 78.0 Å². The molecule has 0 N–H and O–H groups in total. The normalized spacial score (nSPS) is 11.3. The highest BCUT2D eigenvalue weighted by Crippen LogP contribution is 2.38. The monoisotopic (exact) mass is 349 g/mol. The highest BCUT2D eigenvalue weighted by molar-refractivity contribution is 6.11. The number of aromatic nitrogens is 1. The van der Waals surface area contributed by atoms with Crippen LogP contribution in [-0.4, -0.2) is 0 Å². The summed E-state index contributed by atoms with van der Waals surface area (Å²) in [5.41, 5.74) is 5.36. The van der Waals surface area contributed by atoms with Gasteiger partial charge in [0.05, 0.1) is 11.1 Å². The molecule has 2 heterocycles. The molecule has 3 heteroatoms. The summed E-state index contributed by atoms with van der Waals surface area (Å²) >= 11 is 0. The lowest BCUT2D eigenvalue weighted by Crippen LogP contribution is -2.30. The van der Waals surface area contributed by atoms with Gasteiger partial charge in [-0.3, -0.25) is 0 Å². The lowest BCUT2D eigenvalue weighted by molar-refractivity contribution is -0.659. The Bertz CT molecular complexity index is 1400. The first kappa shape index (κ1) is 15.6. The molecule has 0 radical (unpaired) electrons. The van der Waals surface area contributed by atoms with Crippen molar-refractivity contribution in [2.75, 3.05) is 0 Å². The molecule has 3 nitrogen and oxygen atoms in total. The van der Waals surface area contributed by atoms with E-state index in [1.54, 1.807) is 6.07 Å². The van der Waals surface area contributed by atoms with Crippen molar-refractivity contribution in [1.82, 2.24) is 0 Å². The average Bonchev–Trinajstić information content (AvgIpc) is 3.06. The predicted octanol–water partition coefficient (Wildman–Crippen LogP) is 5.41. The van der Waals surface area contributed by atoms with Crippen molar-refractivity contribution in [3.8, 4) is 17.3 Å². The van der Waals surface area contributed by atoms with Crippen molar-refractivity contribution in [2.24, 2.45) is 7.05 Å². The van der Waals surface area contributed by atoms with E-state index < -0.39 is 0 Å². The van der Waals surface area contributed by atoms with Crippen LogP contribution in [0, 0.1) is 18.3 Å². The van der Waals surface area contributed by atoms with Crippen LogP contribution in [0.2, 0.25) is 0 Å². The van der Waals surface area contributed by atoms with Gasteiger partial charge in [0, 0.05) is 22.2 Å². The molecule has 0 spiro atoms. The second-order valence-corrected chi connectivity index (χ2v) is 6.93. The van der Waals surface area contributed by atoms with E-state index in [9.17, 15) is 5.26 Å². The van der Waals surface area contributed by atoms with Crippen LogP contribution in [0.25, 0.3) is 44.0 Å². The summed E-state index contributed by atoms with van der Waals surface area (Å²) in [7, 11) is 2.06. The molecule has 5 aromatic rings. The molecule has 3 aromatic carbocycles. The molecule has 0 aliphatic heterocycles. The minimum atomic E-state index is 0.565. The van der Waals surface area contributed by atoms with Gasteiger partial charge in [-0.2, -0.15) is 5.26 Å². The number of fused-ring (bicyclic) bond motifs is 4. The quantitative estimate of drug-likeness (QED) is 0.380. The van der Waals surface area contributed by atoms with E-state index in [0.717, 1.165) is 33.2 Å². The molecular formula is C24H17N2O+. The summed E-state index contributed by atoms with van der Waals surface area (Å²) in [6.45, 7) is 2.10. The molecule has 27 heavy (non-hydrogen) atoms. The van der Waals surface area contributed by atoms with Gasteiger partial charge < -0.3 is 4.42 Å². The summed E-state index contributed by atoms with van der Waals surface area (Å²) < 4.78 is 8.41. The summed E-state index contributed by atoms with van der Waals surface area (Å²) in [4.78, 5) is 0. The SMILES string of the molecule is Cc1ccc2c(oc3c(C#N)cccc32)c1-c1cc2ccccc2c[n+]1C. The molecular weight excluding hydrogens is 332 g/mol. The molecule has 0 aliphatic carbocycles. The third-order valence-electron chi connectivity index (χ3n) is 5.25. The van der Waals surface area contributed by atoms with Crippen LogP contribution in [0.4, 0.5) is 0 Å². The number of rotatable bonds is 1. The molecule has 0 fully saturated rings. The van der Waals surface area contributed by atoms with E-state index in [-0.39, 0.29) is 0 Å². The van der Waals surface area contributed by atoms with E-state index in [0.29, 0.717) is 11.1 Å². The second-order valence-electron chi connectivity index (χ2n) is 6.93. The number of benzene rings is 3. The largest absolute Gasteiger partial charge is 0.454 e. The number of para-hydroxylation sites is 1. The molecule has 0 bridgehead atoms. The smallest absolute Gasteiger partial charge is 0.216 e. The molecule has 0 atom stereocenters. The number of nitriles is 1. The zero-order valence-corrected chi connectivity index (χ0v) is 15.2. The van der Waals surface area contributed by atoms with Gasteiger partial charge in [-0.1, -0.05) is 42.5 Å². The molecule has 0 unspecified atom stereocenters. The highest BCUT2D eigenvalue weighted by Gasteiger charge is 2.22. The number of furan rings is 1. The molecule has 0 amide bonds. The molecule has 5 rings (SSSR count). The summed E-state index contributed by atoms with van der Waals surface area (Å²) in [5, 5.41) is 13.9. The van der Waals surface area contributed by atoms with Crippen molar-refractivity contribution in [3.63, 3.8) is 0 Å². The number of hydrogen-bond acceptors (Lipinski definition) is 2. The zero-order chi connectivity index (χ0) is 18.5. The highest BCUT2D eigenvalue weighted by atomic mass is 16.3. The van der Waals surface area contributed by atoms with Gasteiger partial charge in [-0.25, -0.2) is 4.57 Å². The number of pyridine rings is 1. The van der Waals surface area contributed by atoms with E-state index in [1.165, 1.54) is 10.8 Å². The first-order chi connectivity index (χ1) is 13.2. The lowest BCUT2D eigenvalue weighted by Gasteiger charge is -2.07. The summed E-state index contributed by atoms with van der Waals surface area (Å²) in [5.74, 6) is 0. The Morgan fingerprint density at radius 3 is 2.48 bits per heavy atom. The Morgan fingerprint density at radius 1 is 0.889 bits per heavy atom. The fourth-order valence-corrected chi connectivity index (χ4v) is 3.90. The van der Waals surface area contributed by atoms with Gasteiger partial charge in [-0.15, -0.1) is 0 Å². The Kier molecular flexibility index (Phi) is 3.29. The summed E-state index contributed by atoms with van der Waals surface area (Å²) in [6, 6.07) is 22.7. The molecule has 128 valence electrons. The number of hydrogen-bond donors (Lipinski definition) is 0. The lowest BCUT2D eigenvalue weighted by atomic mass is 9.99. The van der Waals surface area contributed by atoms with E-state index in [1.807, 2.05) is 12.1 Å². The molecule has 0 aliphatic rings. The minimum Gasteiger partial charge on any atom is -0.454 e. The van der Waals surface area contributed by atoms with Gasteiger partial charge in [-0.05, 0) is 30.0 Å². The maximum atomic E-state index is 9.45. The fourth-order valence-electron chi connectivity index (χ4n) is 3.90. The maximum Gasteiger partial charge on any atom is 0.216 e. The Morgan fingerprint density at radius 2 is 1.67 bits per heavy atom. The fraction of sp³-hybridized carbons (Fsp3) is 0.0833. The van der Waals surface area contributed by atoms with Crippen LogP contribution in [0.5, 0.6) is 0 Å². The maximum absolute atomic E-state index is 9.45. The average molecular weight is 349 g/mol. The van der Waals surface area contributed by atoms with Gasteiger partial charge in [0.1, 0.15) is 18.7 Å². The Hall–Kier alpha value is -3.64. The van der Waals surface area contributed by atoms with Crippen molar-refractivity contribution >= 4 is 32.7 Å². The van der Waals surface area contributed by atoms with Crippen LogP contribution in [0.15, 0.2) is 71.3 Å². The second kappa shape index (κ2) is 5.69. The van der Waals surface area contributed by atoms with Gasteiger partial charge in [0.25, 0.3) is 0 Å². The Labute approximate surface area is 156 Å². The zero-order valence-electron chi connectivity index (χ0n) is 15.2. The molecule has 2 aromatic heterocycles. The third kappa shape index (κ3) is 2.24. The summed E-state index contributed by atoms with van der Waals surface area (Å²) in [6.07, 6.45) is 2.15. The first-order valence-electron chi connectivity index (χ1n) is 8.91. The van der Waals surface area contributed by atoms with Crippen molar-refractivity contribution < 1.29 is 8.98 Å². The van der Waals surface area contributed by atoms with E-state index >= 15 is 0 Å². The minimum absolute atomic E-state index is 0.565. The van der Waals surface area contributed by atoms with Crippen LogP contribution >= 0.6 is 0 Å². The van der Waals surface area contributed by atoms with E-state index in [4.69, 9.17) is 4.42 Å². The van der Waals surface area contributed by atoms with Crippen LogP contribution < -0.4 is 4.57 Å². The van der Waals surface area contributed by atoms with Crippen LogP contribution in [0.1, 0.15) is 11.1 Å². The third-order valence-corrected chi connectivity index (χ3v) is 5.25. The predicted molar refractivity (Wildman–Crippen MR) is 107 cm³/mol. The first-order valence-corrected chi connectivity index (χ1v) is 8.91. The van der Waals surface area contributed by atoms with E-state index in [2.05, 4.69) is 73.3 Å².